The third kappa shape index (κ3) is 25.5. The summed E-state index contributed by atoms with van der Waals surface area (Å²) in [7, 11) is 0. The van der Waals surface area contributed by atoms with E-state index in [1.165, 1.54) is 23.5 Å². The smallest absolute Gasteiger partial charge is 0.269 e. The second kappa shape index (κ2) is 37.8. The lowest BCUT2D eigenvalue weighted by Crippen LogP contribution is -2.57. The van der Waals surface area contributed by atoms with Gasteiger partial charge in [0.05, 0.1) is 25.4 Å². The van der Waals surface area contributed by atoms with Crippen LogP contribution in [-0.2, 0) is 49.6 Å². The molecule has 29 nitrogen and oxygen atoms in total. The SMILES string of the molecule is CC(C)C(NC(=O)C[C@@H](O)CN)C(=O)NCC(=O)N=C(CCCN)C(=O)N1CCC[C@H]1C(=O)N[C@@H](Cc1cnc[nH]1)C(=O)N[C@@H](CCCCN)C(=O)N/C(=C\CCN=C(N)N)C(=O)N[C@@H](CCCCN)C(=O)NCCCCN. The monoisotopic (exact) mass is 1100 g/mol. The van der Waals surface area contributed by atoms with Gasteiger partial charge in [0.1, 0.15) is 41.6 Å². The molecule has 1 aromatic rings. The standard InChI is InChI=1S/C49H87N19O10/c1-30(2)41(67-39(70)25-32(69)26-54)47(77)60-28-40(71)62-36(14-9-20-53)48(78)68-23-11-16-38(68)46(76)66-37(24-31-27-57-29-61-31)45(75)65-34(13-4-6-18-51)43(73)64-35(15-10-22-59-49(55)56)44(74)63-33(12-3-5-17-50)42(72)58-21-8-7-19-52/h15,27,29-30,32-34,37-38,41,69H,3-14,16-26,28,50-54H2,1-2H3,(H,57,61)(H,58,72)(H,60,77)(H,63,74)(H,64,73)(H,65,75)(H,66,76)(H,67,70)(H4,55,56,59)/b35-15-,62-36?/t32-,33+,34+,37+,38+,41?/m1/s1. The summed E-state index contributed by atoms with van der Waals surface area (Å²) in [6.07, 6.45) is 6.91. The van der Waals surface area contributed by atoms with Crippen LogP contribution in [0.25, 0.3) is 0 Å². The molecule has 0 radical (unpaired) electrons. The molecular weight excluding hydrogens is 1010 g/mol. The quantitative estimate of drug-likeness (QED) is 0.0127. The highest BCUT2D eigenvalue weighted by molar-refractivity contribution is 6.40. The van der Waals surface area contributed by atoms with Crippen LogP contribution in [0.2, 0.25) is 0 Å². The summed E-state index contributed by atoms with van der Waals surface area (Å²) >= 11 is 0. The van der Waals surface area contributed by atoms with Gasteiger partial charge in [-0.3, -0.25) is 48.1 Å². The first-order valence-corrected chi connectivity index (χ1v) is 26.7. The molecule has 0 aromatic carbocycles. The summed E-state index contributed by atoms with van der Waals surface area (Å²) < 4.78 is 0. The number of aliphatic hydroxyl groups excluding tert-OH is 1. The average Bonchev–Trinajstić information content (AvgIpc) is 4.13. The minimum Gasteiger partial charge on any atom is -0.391 e. The van der Waals surface area contributed by atoms with Crippen LogP contribution in [0, 0.1) is 5.92 Å². The second-order valence-corrected chi connectivity index (χ2v) is 19.1. The van der Waals surface area contributed by atoms with Crippen molar-refractivity contribution in [2.75, 3.05) is 58.9 Å². The van der Waals surface area contributed by atoms with Crippen molar-refractivity contribution in [2.24, 2.45) is 56.0 Å². The summed E-state index contributed by atoms with van der Waals surface area (Å²) in [5.41, 5.74) is 39.2. The molecule has 2 rings (SSSR count). The number of unbranched alkanes of at least 4 members (excludes halogenated alkanes) is 3. The van der Waals surface area contributed by atoms with Crippen molar-refractivity contribution in [3.05, 3.63) is 30.0 Å². The minimum atomic E-state index is -1.36. The average molecular weight is 1100 g/mol. The van der Waals surface area contributed by atoms with Gasteiger partial charge in [0.25, 0.3) is 17.7 Å². The zero-order valence-electron chi connectivity index (χ0n) is 45.2. The third-order valence-corrected chi connectivity index (χ3v) is 12.3. The number of H-pyrrole nitrogens is 1. The molecule has 0 bridgehead atoms. The number of likely N-dealkylation sites (tertiary alicyclic amines) is 1. The fourth-order valence-corrected chi connectivity index (χ4v) is 8.01. The number of aliphatic hydroxyl groups is 1. The van der Waals surface area contributed by atoms with Crippen LogP contribution in [0.1, 0.15) is 109 Å². The maximum Gasteiger partial charge on any atom is 0.269 e. The number of carbonyl (C=O) groups excluding carboxylic acids is 9. The minimum absolute atomic E-state index is 0.0401. The predicted molar refractivity (Wildman–Crippen MR) is 292 cm³/mol. The Hall–Kier alpha value is -6.92. The van der Waals surface area contributed by atoms with Crippen LogP contribution in [-0.4, -0.2) is 180 Å². The molecule has 0 aliphatic carbocycles. The van der Waals surface area contributed by atoms with Gasteiger partial charge in [-0.15, -0.1) is 0 Å². The van der Waals surface area contributed by atoms with E-state index in [0.717, 1.165) is 0 Å². The number of hydrogen-bond donors (Lipinski definition) is 16. The Kier molecular flexibility index (Phi) is 32.5. The van der Waals surface area contributed by atoms with E-state index in [-0.39, 0.29) is 101 Å². The number of aliphatic imine (C=N–C) groups is 2. The predicted octanol–water partition coefficient (Wildman–Crippen LogP) is -5.15. The van der Waals surface area contributed by atoms with E-state index >= 15 is 0 Å². The lowest BCUT2D eigenvalue weighted by atomic mass is 10.0. The number of rotatable bonds is 38. The van der Waals surface area contributed by atoms with Gasteiger partial charge >= 0.3 is 0 Å². The van der Waals surface area contributed by atoms with Gasteiger partial charge in [-0.2, -0.15) is 0 Å². The third-order valence-electron chi connectivity index (χ3n) is 12.3. The number of nitrogens with zero attached hydrogens (tertiary/aromatic N) is 4. The van der Waals surface area contributed by atoms with Gasteiger partial charge in [0.2, 0.25) is 35.4 Å². The van der Waals surface area contributed by atoms with Crippen molar-refractivity contribution in [1.82, 2.24) is 52.1 Å². The molecule has 1 aromatic heterocycles. The first-order chi connectivity index (χ1) is 37.3. The molecular formula is C49H87N19O10. The molecule has 0 spiro atoms. The Balaban J connectivity index is 2.42. The van der Waals surface area contributed by atoms with E-state index in [0.29, 0.717) is 70.3 Å². The Bertz CT molecular complexity index is 2170. The molecule has 1 aliphatic heterocycles. The van der Waals surface area contributed by atoms with E-state index in [4.69, 9.17) is 40.1 Å². The van der Waals surface area contributed by atoms with Gasteiger partial charge in [0, 0.05) is 44.5 Å². The van der Waals surface area contributed by atoms with E-state index < -0.39 is 102 Å². The lowest BCUT2D eigenvalue weighted by molar-refractivity contribution is -0.136. The van der Waals surface area contributed by atoms with Gasteiger partial charge in [-0.25, -0.2) is 9.98 Å². The molecule has 1 unspecified atom stereocenters. The number of guanidine groups is 1. The molecule has 1 fully saturated rings. The molecule has 29 heteroatoms. The van der Waals surface area contributed by atoms with Crippen molar-refractivity contribution in [3.63, 3.8) is 0 Å². The first-order valence-electron chi connectivity index (χ1n) is 26.7. The van der Waals surface area contributed by atoms with Crippen molar-refractivity contribution in [2.45, 2.75) is 146 Å². The zero-order chi connectivity index (χ0) is 58.0. The fraction of sp³-hybridized carbons (Fsp3) is 0.673. The van der Waals surface area contributed by atoms with E-state index in [2.05, 4.69) is 57.2 Å². The normalized spacial score (nSPS) is 15.5. The molecule has 0 saturated carbocycles. The fourth-order valence-electron chi connectivity index (χ4n) is 8.01. The molecule has 438 valence electrons. The van der Waals surface area contributed by atoms with Crippen LogP contribution in [0.15, 0.2) is 34.3 Å². The number of aromatic nitrogens is 2. The number of hydrogen-bond acceptors (Lipinski definition) is 17. The maximum absolute atomic E-state index is 14.4. The number of amides is 9. The Morgan fingerprint density at radius 3 is 2.05 bits per heavy atom. The Morgan fingerprint density at radius 2 is 1.45 bits per heavy atom. The van der Waals surface area contributed by atoms with Crippen LogP contribution < -0.4 is 77.4 Å². The highest BCUT2D eigenvalue weighted by Gasteiger charge is 2.38. The van der Waals surface area contributed by atoms with Crippen molar-refractivity contribution >= 4 is 64.8 Å². The zero-order valence-corrected chi connectivity index (χ0v) is 45.2. The van der Waals surface area contributed by atoms with Crippen LogP contribution in [0.3, 0.4) is 0 Å². The molecule has 1 aliphatic rings. The van der Waals surface area contributed by atoms with Gasteiger partial charge in [0.15, 0.2) is 5.96 Å². The van der Waals surface area contributed by atoms with Crippen molar-refractivity contribution < 1.29 is 48.3 Å². The molecule has 2 heterocycles. The highest BCUT2D eigenvalue weighted by Crippen LogP contribution is 2.20. The van der Waals surface area contributed by atoms with Crippen molar-refractivity contribution in [3.8, 4) is 0 Å². The Labute approximate surface area is 455 Å². The highest BCUT2D eigenvalue weighted by atomic mass is 16.3. The lowest BCUT2D eigenvalue weighted by Gasteiger charge is -2.28. The number of imidazole rings is 1. The van der Waals surface area contributed by atoms with E-state index in [9.17, 15) is 48.3 Å². The number of nitrogens with one attached hydrogen (secondary N) is 8. The van der Waals surface area contributed by atoms with Crippen molar-refractivity contribution in [1.29, 1.82) is 0 Å². The summed E-state index contributed by atoms with van der Waals surface area (Å²) in [5, 5.41) is 28.4. The van der Waals surface area contributed by atoms with Gasteiger partial charge in [-0.05, 0) is 116 Å². The maximum atomic E-state index is 14.4. The summed E-state index contributed by atoms with van der Waals surface area (Å²) in [5.74, 6) is -7.17. The number of aromatic amines is 1. The molecule has 6 atom stereocenters. The Morgan fingerprint density at radius 1 is 0.795 bits per heavy atom. The first kappa shape index (κ1) is 67.2. The van der Waals surface area contributed by atoms with E-state index in [1.807, 2.05) is 0 Å². The van der Waals surface area contributed by atoms with Gasteiger partial charge < -0.3 is 92.3 Å². The van der Waals surface area contributed by atoms with Crippen LogP contribution in [0.4, 0.5) is 0 Å². The van der Waals surface area contributed by atoms with Crippen LogP contribution in [0.5, 0.6) is 0 Å². The summed E-state index contributed by atoms with van der Waals surface area (Å²) in [4.78, 5) is 139. The van der Waals surface area contributed by atoms with E-state index in [1.54, 1.807) is 13.8 Å². The summed E-state index contributed by atoms with van der Waals surface area (Å²) in [6.45, 7) is 4.19. The number of carbonyl (C=O) groups is 9. The molecule has 1 saturated heterocycles. The topological polar surface area (TPSA) is 497 Å². The molecule has 78 heavy (non-hydrogen) atoms. The van der Waals surface area contributed by atoms with Gasteiger partial charge in [-0.1, -0.05) is 19.9 Å². The van der Waals surface area contributed by atoms with Crippen LogP contribution >= 0.6 is 0 Å². The summed E-state index contributed by atoms with van der Waals surface area (Å²) in [6, 6.07) is -5.88. The molecule has 23 N–H and O–H groups in total. The second-order valence-electron chi connectivity index (χ2n) is 19.1. The number of nitrogens with two attached hydrogens (primary N) is 7. The largest absolute Gasteiger partial charge is 0.391 e. The molecule has 9 amide bonds.